The average Bonchev–Trinajstić information content (AvgIpc) is 2.83. The molecule has 1 aliphatic rings. The number of nitriles is 1. The normalized spacial score (nSPS) is 16.4. The molecule has 0 bridgehead atoms. The predicted molar refractivity (Wildman–Crippen MR) is 124 cm³/mol. The molecule has 0 saturated carbocycles. The van der Waals surface area contributed by atoms with E-state index in [0.717, 1.165) is 10.8 Å². The van der Waals surface area contributed by atoms with Crippen molar-refractivity contribution < 1.29 is 13.2 Å². The van der Waals surface area contributed by atoms with Gasteiger partial charge in [0.1, 0.15) is 0 Å². The molecule has 1 heterocycles. The van der Waals surface area contributed by atoms with Crippen LogP contribution in [0.3, 0.4) is 0 Å². The van der Waals surface area contributed by atoms with Crippen LogP contribution in [0.1, 0.15) is 12.5 Å². The first kappa shape index (κ1) is 22.0. The zero-order chi connectivity index (χ0) is 22.7. The summed E-state index contributed by atoms with van der Waals surface area (Å²) in [6.45, 7) is 3.35. The lowest BCUT2D eigenvalue weighted by Crippen LogP contribution is -2.53. The quantitative estimate of drug-likeness (QED) is 0.648. The Morgan fingerprint density at radius 2 is 1.69 bits per heavy atom. The van der Waals surface area contributed by atoms with E-state index in [1.807, 2.05) is 35.2 Å². The molecule has 1 aliphatic heterocycles. The number of anilines is 1. The fourth-order valence-corrected chi connectivity index (χ4v) is 5.35. The predicted octanol–water partition coefficient (Wildman–Crippen LogP) is 3.04. The summed E-state index contributed by atoms with van der Waals surface area (Å²) >= 11 is 0. The lowest BCUT2D eigenvalue weighted by molar-refractivity contribution is -0.121. The summed E-state index contributed by atoms with van der Waals surface area (Å²) in [5, 5.41) is 13.7. The molecule has 0 unspecified atom stereocenters. The summed E-state index contributed by atoms with van der Waals surface area (Å²) in [7, 11) is -3.60. The molecule has 1 atom stereocenters. The minimum absolute atomic E-state index is 0.189. The molecule has 32 heavy (non-hydrogen) atoms. The summed E-state index contributed by atoms with van der Waals surface area (Å²) in [6, 6.07) is 21.2. The lowest BCUT2D eigenvalue weighted by Gasteiger charge is -2.36. The second-order valence-electron chi connectivity index (χ2n) is 7.81. The molecule has 0 aliphatic carbocycles. The van der Waals surface area contributed by atoms with Crippen LogP contribution in [0.5, 0.6) is 0 Å². The van der Waals surface area contributed by atoms with Crippen LogP contribution < -0.4 is 5.32 Å². The highest BCUT2D eigenvalue weighted by Gasteiger charge is 2.32. The molecule has 1 fully saturated rings. The Kier molecular flexibility index (Phi) is 6.24. The molecule has 3 aromatic carbocycles. The number of sulfonamides is 1. The van der Waals surface area contributed by atoms with Crippen LogP contribution in [0.2, 0.25) is 0 Å². The number of fused-ring (bicyclic) bond motifs is 1. The number of nitrogens with zero attached hydrogens (tertiary/aromatic N) is 3. The van der Waals surface area contributed by atoms with E-state index in [1.54, 1.807) is 43.3 Å². The van der Waals surface area contributed by atoms with E-state index in [4.69, 9.17) is 5.26 Å². The van der Waals surface area contributed by atoms with Crippen LogP contribution in [0.15, 0.2) is 71.6 Å². The van der Waals surface area contributed by atoms with Gasteiger partial charge >= 0.3 is 0 Å². The fourth-order valence-electron chi connectivity index (χ4n) is 3.89. The number of hydrogen-bond acceptors (Lipinski definition) is 5. The summed E-state index contributed by atoms with van der Waals surface area (Å²) < 4.78 is 27.8. The minimum Gasteiger partial charge on any atom is -0.325 e. The van der Waals surface area contributed by atoms with Crippen LogP contribution in [0.4, 0.5) is 5.69 Å². The molecule has 0 aromatic heterocycles. The van der Waals surface area contributed by atoms with Crippen LogP contribution >= 0.6 is 0 Å². The van der Waals surface area contributed by atoms with Crippen molar-refractivity contribution in [1.29, 1.82) is 5.26 Å². The number of amides is 1. The van der Waals surface area contributed by atoms with Crippen molar-refractivity contribution in [2.45, 2.75) is 17.9 Å². The Labute approximate surface area is 187 Å². The molecule has 3 aromatic rings. The number of piperazine rings is 1. The first-order chi connectivity index (χ1) is 15.4. The van der Waals surface area contributed by atoms with Crippen LogP contribution in [-0.2, 0) is 14.8 Å². The summed E-state index contributed by atoms with van der Waals surface area (Å²) in [6.07, 6.45) is 0. The molecule has 1 amide bonds. The third-order valence-corrected chi connectivity index (χ3v) is 7.71. The second kappa shape index (κ2) is 9.09. The van der Waals surface area contributed by atoms with E-state index in [0.29, 0.717) is 37.4 Å². The monoisotopic (exact) mass is 448 g/mol. The fraction of sp³-hybridized carbons (Fsp3) is 0.250. The third-order valence-electron chi connectivity index (χ3n) is 5.82. The van der Waals surface area contributed by atoms with Crippen molar-refractivity contribution in [3.63, 3.8) is 0 Å². The van der Waals surface area contributed by atoms with E-state index in [1.165, 1.54) is 4.31 Å². The van der Waals surface area contributed by atoms with Gasteiger partial charge < -0.3 is 5.32 Å². The number of carbonyl (C=O) groups excluding carboxylic acids is 1. The molecule has 1 N–H and O–H groups in total. The van der Waals surface area contributed by atoms with Gasteiger partial charge in [0, 0.05) is 31.9 Å². The number of rotatable bonds is 5. The van der Waals surface area contributed by atoms with E-state index < -0.39 is 16.1 Å². The summed E-state index contributed by atoms with van der Waals surface area (Å²) in [5.74, 6) is -0.189. The minimum atomic E-state index is -3.60. The highest BCUT2D eigenvalue weighted by atomic mass is 32.2. The van der Waals surface area contributed by atoms with Crippen LogP contribution in [-0.4, -0.2) is 55.8 Å². The van der Waals surface area contributed by atoms with Gasteiger partial charge in [-0.3, -0.25) is 9.69 Å². The zero-order valence-corrected chi connectivity index (χ0v) is 18.5. The van der Waals surface area contributed by atoms with Crippen molar-refractivity contribution in [1.82, 2.24) is 9.21 Å². The Bertz CT molecular complexity index is 1290. The third kappa shape index (κ3) is 4.50. The summed E-state index contributed by atoms with van der Waals surface area (Å²) in [5.41, 5.74) is 1.04. The number of carbonyl (C=O) groups is 1. The van der Waals surface area contributed by atoms with Gasteiger partial charge in [0.25, 0.3) is 0 Å². The maximum absolute atomic E-state index is 13.1. The van der Waals surface area contributed by atoms with Crippen molar-refractivity contribution in [2.24, 2.45) is 0 Å². The molecule has 4 rings (SSSR count). The number of benzene rings is 3. The molecule has 0 radical (unpaired) electrons. The van der Waals surface area contributed by atoms with Crippen molar-refractivity contribution in [2.75, 3.05) is 31.5 Å². The van der Waals surface area contributed by atoms with Crippen LogP contribution in [0.25, 0.3) is 10.8 Å². The topological polar surface area (TPSA) is 93.5 Å². The lowest BCUT2D eigenvalue weighted by atomic mass is 10.1. The number of nitrogens with one attached hydrogen (secondary N) is 1. The van der Waals surface area contributed by atoms with Crippen LogP contribution in [0, 0.1) is 11.3 Å². The average molecular weight is 449 g/mol. The molecule has 7 nitrogen and oxygen atoms in total. The highest BCUT2D eigenvalue weighted by Crippen LogP contribution is 2.23. The smallest absolute Gasteiger partial charge is 0.243 e. The van der Waals surface area contributed by atoms with Gasteiger partial charge in [-0.15, -0.1) is 0 Å². The standard InChI is InChI=1S/C24H24N4O3S/c1-18(24(29)26-22-8-4-5-19(15-22)17-25)27-11-13-28(14-12-27)32(30,31)23-10-9-20-6-2-3-7-21(20)16-23/h2-10,15-16,18H,11-14H2,1H3,(H,26,29)/t18-/m0/s1. The number of hydrogen-bond donors (Lipinski definition) is 1. The Morgan fingerprint density at radius 3 is 2.41 bits per heavy atom. The van der Waals surface area contributed by atoms with E-state index in [-0.39, 0.29) is 10.8 Å². The van der Waals surface area contributed by atoms with E-state index in [9.17, 15) is 13.2 Å². The molecule has 0 spiro atoms. The molecular weight excluding hydrogens is 424 g/mol. The van der Waals surface area contributed by atoms with E-state index in [2.05, 4.69) is 11.4 Å². The van der Waals surface area contributed by atoms with Gasteiger partial charge in [0.15, 0.2) is 0 Å². The van der Waals surface area contributed by atoms with Crippen molar-refractivity contribution in [3.8, 4) is 6.07 Å². The molecule has 1 saturated heterocycles. The molecule has 8 heteroatoms. The van der Waals surface area contributed by atoms with Gasteiger partial charge in [0.05, 0.1) is 22.6 Å². The first-order valence-corrected chi connectivity index (χ1v) is 11.9. The maximum Gasteiger partial charge on any atom is 0.243 e. The van der Waals surface area contributed by atoms with Gasteiger partial charge in [-0.05, 0) is 48.0 Å². The van der Waals surface area contributed by atoms with Crippen molar-refractivity contribution >= 4 is 32.4 Å². The first-order valence-electron chi connectivity index (χ1n) is 10.4. The maximum atomic E-state index is 13.1. The SMILES string of the molecule is C[C@@H](C(=O)Nc1cccc(C#N)c1)N1CCN(S(=O)(=O)c2ccc3ccccc3c2)CC1. The highest BCUT2D eigenvalue weighted by molar-refractivity contribution is 7.89. The Balaban J connectivity index is 1.40. The Morgan fingerprint density at radius 1 is 0.969 bits per heavy atom. The van der Waals surface area contributed by atoms with Gasteiger partial charge in [-0.2, -0.15) is 9.57 Å². The second-order valence-corrected chi connectivity index (χ2v) is 9.74. The van der Waals surface area contributed by atoms with Gasteiger partial charge in [-0.25, -0.2) is 8.42 Å². The van der Waals surface area contributed by atoms with Gasteiger partial charge in [-0.1, -0.05) is 36.4 Å². The van der Waals surface area contributed by atoms with Crippen molar-refractivity contribution in [3.05, 3.63) is 72.3 Å². The zero-order valence-electron chi connectivity index (χ0n) is 17.7. The largest absolute Gasteiger partial charge is 0.325 e. The van der Waals surface area contributed by atoms with E-state index >= 15 is 0 Å². The van der Waals surface area contributed by atoms with Gasteiger partial charge in [0.2, 0.25) is 15.9 Å². The molecule has 164 valence electrons. The molecular formula is C24H24N4O3S. The summed E-state index contributed by atoms with van der Waals surface area (Å²) in [4.78, 5) is 14.9. The Hall–Kier alpha value is -3.25.